The summed E-state index contributed by atoms with van der Waals surface area (Å²) in [6.07, 6.45) is 1.97. The van der Waals surface area contributed by atoms with Crippen LogP contribution in [-0.4, -0.2) is 23.6 Å². The first-order valence-electron chi connectivity index (χ1n) is 3.36. The van der Waals surface area contributed by atoms with Crippen LogP contribution in [0.2, 0.25) is 0 Å². The predicted octanol–water partition coefficient (Wildman–Crippen LogP) is 1.43. The Morgan fingerprint density at radius 2 is 2.00 bits per heavy atom. The van der Waals surface area contributed by atoms with Gasteiger partial charge < -0.3 is 0 Å². The van der Waals surface area contributed by atoms with E-state index in [2.05, 4.69) is 0 Å². The van der Waals surface area contributed by atoms with Gasteiger partial charge in [-0.2, -0.15) is 8.42 Å². The number of hydrogen-bond acceptors (Lipinski definition) is 3. The first-order chi connectivity index (χ1) is 4.92. The molecule has 66 valence electrons. The molecule has 0 fully saturated rings. The lowest BCUT2D eigenvalue weighted by atomic mass is 10.2. The van der Waals surface area contributed by atoms with E-state index in [1.807, 2.05) is 6.92 Å². The molecule has 0 aliphatic rings. The van der Waals surface area contributed by atoms with E-state index in [1.165, 1.54) is 0 Å². The second-order valence-electron chi connectivity index (χ2n) is 2.45. The van der Waals surface area contributed by atoms with E-state index in [-0.39, 0.29) is 5.75 Å². The van der Waals surface area contributed by atoms with Crippen molar-refractivity contribution in [3.8, 4) is 0 Å². The fourth-order valence-electron chi connectivity index (χ4n) is 0.658. The van der Waals surface area contributed by atoms with E-state index in [0.29, 0.717) is 6.42 Å². The van der Waals surface area contributed by atoms with E-state index >= 15 is 0 Å². The zero-order valence-electron chi connectivity index (χ0n) is 6.41. The topological polar surface area (TPSA) is 54.4 Å². The highest BCUT2D eigenvalue weighted by molar-refractivity contribution is 7.85. The van der Waals surface area contributed by atoms with E-state index < -0.39 is 10.1 Å². The largest absolute Gasteiger partial charge is 0.286 e. The summed E-state index contributed by atoms with van der Waals surface area (Å²) in [7, 11) is -3.77. The Kier molecular flexibility index (Phi) is 4.79. The average Bonchev–Trinajstić information content (AvgIpc) is 1.78. The molecule has 0 aromatic carbocycles. The molecule has 5 heteroatoms. The van der Waals surface area contributed by atoms with Gasteiger partial charge in [0.2, 0.25) is 0 Å². The van der Waals surface area contributed by atoms with E-state index in [4.69, 9.17) is 16.8 Å². The second kappa shape index (κ2) is 4.79. The molecular formula is C6H12O3S2. The molecule has 0 saturated carbocycles. The Balaban J connectivity index is 3.37. The highest BCUT2D eigenvalue weighted by Gasteiger charge is 2.02. The van der Waals surface area contributed by atoms with Crippen molar-refractivity contribution in [2.45, 2.75) is 26.2 Å². The molecule has 0 aliphatic carbocycles. The van der Waals surface area contributed by atoms with Crippen LogP contribution in [0.25, 0.3) is 0 Å². The maximum Gasteiger partial charge on any atom is 0.264 e. The van der Waals surface area contributed by atoms with Gasteiger partial charge in [0, 0.05) is 0 Å². The van der Waals surface area contributed by atoms with Crippen LogP contribution in [0.3, 0.4) is 0 Å². The number of thiocarbonyl (C=S) groups is 1. The SMILES string of the molecule is CC(=S)CCCCS(=O)(=O)O. The average molecular weight is 196 g/mol. The van der Waals surface area contributed by atoms with Gasteiger partial charge in [0.1, 0.15) is 0 Å². The zero-order chi connectivity index (χ0) is 8.91. The lowest BCUT2D eigenvalue weighted by molar-refractivity contribution is 0.480. The fraction of sp³-hybridized carbons (Fsp3) is 0.833. The first-order valence-corrected chi connectivity index (χ1v) is 5.38. The lowest BCUT2D eigenvalue weighted by Gasteiger charge is -1.96. The maximum atomic E-state index is 10.2. The fourth-order valence-corrected chi connectivity index (χ4v) is 1.37. The van der Waals surface area contributed by atoms with E-state index in [0.717, 1.165) is 17.7 Å². The van der Waals surface area contributed by atoms with Gasteiger partial charge in [-0.1, -0.05) is 12.2 Å². The molecular weight excluding hydrogens is 184 g/mol. The lowest BCUT2D eigenvalue weighted by Crippen LogP contribution is -2.03. The second-order valence-corrected chi connectivity index (χ2v) is 4.71. The van der Waals surface area contributed by atoms with Gasteiger partial charge in [-0.15, -0.1) is 0 Å². The molecule has 0 amide bonds. The zero-order valence-corrected chi connectivity index (χ0v) is 8.04. The number of unbranched alkanes of at least 4 members (excludes halogenated alkanes) is 1. The third-order valence-electron chi connectivity index (χ3n) is 1.18. The van der Waals surface area contributed by atoms with Crippen molar-refractivity contribution >= 4 is 27.2 Å². The van der Waals surface area contributed by atoms with E-state index in [9.17, 15) is 8.42 Å². The van der Waals surface area contributed by atoms with Crippen LogP contribution in [0.1, 0.15) is 26.2 Å². The molecule has 3 nitrogen and oxygen atoms in total. The van der Waals surface area contributed by atoms with Gasteiger partial charge in [-0.3, -0.25) is 4.55 Å². The van der Waals surface area contributed by atoms with Crippen molar-refractivity contribution in [1.82, 2.24) is 0 Å². The summed E-state index contributed by atoms with van der Waals surface area (Å²) >= 11 is 4.79. The molecule has 0 aliphatic heterocycles. The van der Waals surface area contributed by atoms with Crippen LogP contribution in [0.15, 0.2) is 0 Å². The molecule has 0 radical (unpaired) electrons. The van der Waals surface area contributed by atoms with Crippen LogP contribution in [-0.2, 0) is 10.1 Å². The van der Waals surface area contributed by atoms with Gasteiger partial charge >= 0.3 is 0 Å². The van der Waals surface area contributed by atoms with Crippen molar-refractivity contribution in [1.29, 1.82) is 0 Å². The van der Waals surface area contributed by atoms with Gasteiger partial charge in [0.25, 0.3) is 10.1 Å². The van der Waals surface area contributed by atoms with Gasteiger partial charge in [-0.05, 0) is 31.1 Å². The van der Waals surface area contributed by atoms with Crippen molar-refractivity contribution in [3.63, 3.8) is 0 Å². The minimum atomic E-state index is -3.77. The van der Waals surface area contributed by atoms with Crippen LogP contribution in [0, 0.1) is 0 Å². The monoisotopic (exact) mass is 196 g/mol. The van der Waals surface area contributed by atoms with Gasteiger partial charge in [-0.25, -0.2) is 0 Å². The molecule has 0 spiro atoms. The normalized spacial score (nSPS) is 11.5. The standard InChI is InChI=1S/C6H12O3S2/c1-6(10)4-2-3-5-11(7,8)9/h2-5H2,1H3,(H,7,8,9). The maximum absolute atomic E-state index is 10.2. The third-order valence-corrected chi connectivity index (χ3v) is 2.19. The Bertz CT molecular complexity index is 218. The highest BCUT2D eigenvalue weighted by Crippen LogP contribution is 1.99. The molecule has 0 atom stereocenters. The van der Waals surface area contributed by atoms with Crippen molar-refractivity contribution in [2.75, 3.05) is 5.75 Å². The molecule has 0 aromatic rings. The third kappa shape index (κ3) is 10.0. The summed E-state index contributed by atoms with van der Waals surface area (Å²) in [5, 5.41) is 0. The summed E-state index contributed by atoms with van der Waals surface area (Å²) in [4.78, 5) is 0.875. The predicted molar refractivity (Wildman–Crippen MR) is 48.5 cm³/mol. The van der Waals surface area contributed by atoms with Crippen LogP contribution < -0.4 is 0 Å². The Morgan fingerprint density at radius 3 is 2.36 bits per heavy atom. The smallest absolute Gasteiger partial charge is 0.264 e. The molecule has 0 rings (SSSR count). The van der Waals surface area contributed by atoms with Gasteiger partial charge in [0.15, 0.2) is 0 Å². The molecule has 0 heterocycles. The van der Waals surface area contributed by atoms with E-state index in [1.54, 1.807) is 0 Å². The molecule has 0 unspecified atom stereocenters. The Hall–Kier alpha value is -0.0000000000000000763. The number of hydrogen-bond donors (Lipinski definition) is 1. The van der Waals surface area contributed by atoms with Crippen LogP contribution in [0.4, 0.5) is 0 Å². The van der Waals surface area contributed by atoms with Gasteiger partial charge in [0.05, 0.1) is 5.75 Å². The molecule has 0 aromatic heterocycles. The van der Waals surface area contributed by atoms with Crippen molar-refractivity contribution in [2.24, 2.45) is 0 Å². The van der Waals surface area contributed by atoms with Crippen molar-refractivity contribution in [3.05, 3.63) is 0 Å². The summed E-state index contributed by atoms with van der Waals surface area (Å²) < 4.78 is 28.7. The van der Waals surface area contributed by atoms with Crippen LogP contribution >= 0.6 is 12.2 Å². The minimum absolute atomic E-state index is 0.157. The quantitative estimate of drug-likeness (QED) is 0.410. The summed E-state index contributed by atoms with van der Waals surface area (Å²) in [6, 6.07) is 0. The van der Waals surface area contributed by atoms with Crippen LogP contribution in [0.5, 0.6) is 0 Å². The highest BCUT2D eigenvalue weighted by atomic mass is 32.2. The molecule has 0 saturated heterocycles. The molecule has 11 heavy (non-hydrogen) atoms. The Morgan fingerprint density at radius 1 is 1.45 bits per heavy atom. The molecule has 0 bridgehead atoms. The molecule has 1 N–H and O–H groups in total. The Labute approximate surface area is 72.6 Å². The van der Waals surface area contributed by atoms with Crippen molar-refractivity contribution < 1.29 is 13.0 Å². The first kappa shape index (κ1) is 11.0. The minimum Gasteiger partial charge on any atom is -0.286 e. The summed E-state index contributed by atoms with van der Waals surface area (Å²) in [5.41, 5.74) is 0. The summed E-state index contributed by atoms with van der Waals surface area (Å²) in [5.74, 6) is -0.157. The summed E-state index contributed by atoms with van der Waals surface area (Å²) in [6.45, 7) is 1.82. The number of rotatable bonds is 5.